The van der Waals surface area contributed by atoms with Crippen LogP contribution in [0.15, 0.2) is 0 Å². The summed E-state index contributed by atoms with van der Waals surface area (Å²) in [5, 5.41) is 2.09. The van der Waals surface area contributed by atoms with E-state index in [1.807, 2.05) is 4.90 Å². The fourth-order valence-electron chi connectivity index (χ4n) is 2.20. The molecular weight excluding hydrogens is 318 g/mol. The molecule has 0 radical (unpaired) electrons. The quantitative estimate of drug-likeness (QED) is 0.654. The highest BCUT2D eigenvalue weighted by Gasteiger charge is 2.23. The summed E-state index contributed by atoms with van der Waals surface area (Å²) in [4.78, 5) is 15.8. The van der Waals surface area contributed by atoms with Gasteiger partial charge in [-0.3, -0.25) is 0 Å². The molecule has 2 aromatic heterocycles. The Morgan fingerprint density at radius 1 is 0.870 bits per heavy atom. The van der Waals surface area contributed by atoms with E-state index in [-0.39, 0.29) is 17.8 Å². The molecule has 0 unspecified atom stereocenters. The molecule has 0 atom stereocenters. The first-order valence-electron chi connectivity index (χ1n) is 6.69. The molecule has 0 spiro atoms. The lowest BCUT2D eigenvalue weighted by molar-refractivity contribution is 0.411. The van der Waals surface area contributed by atoms with Gasteiger partial charge in [0, 0.05) is 13.1 Å². The highest BCUT2D eigenvalue weighted by molar-refractivity contribution is 5.56. The summed E-state index contributed by atoms with van der Waals surface area (Å²) < 4.78 is 53.4. The third-order valence-corrected chi connectivity index (χ3v) is 3.26. The van der Waals surface area contributed by atoms with E-state index >= 15 is 0 Å². The van der Waals surface area contributed by atoms with E-state index in [1.54, 1.807) is 0 Å². The monoisotopic (exact) mass is 329 g/mol. The number of nitrogens with one attached hydrogen (secondary N) is 1. The van der Waals surface area contributed by atoms with Crippen LogP contribution in [0.25, 0.3) is 0 Å². The van der Waals surface area contributed by atoms with Crippen LogP contribution in [0.1, 0.15) is 12.8 Å². The minimum atomic E-state index is -1.78. The summed E-state index contributed by atoms with van der Waals surface area (Å²) in [6.07, 6.45) is 1.89. The Morgan fingerprint density at radius 2 is 1.48 bits per heavy atom. The normalized spacial score (nSPS) is 14.3. The molecule has 23 heavy (non-hydrogen) atoms. The van der Waals surface area contributed by atoms with Crippen LogP contribution in [0.5, 0.6) is 0 Å². The van der Waals surface area contributed by atoms with Crippen molar-refractivity contribution >= 4 is 23.5 Å². The molecule has 0 bridgehead atoms. The van der Waals surface area contributed by atoms with Gasteiger partial charge in [0.2, 0.25) is 29.5 Å². The Kier molecular flexibility index (Phi) is 3.84. The van der Waals surface area contributed by atoms with Gasteiger partial charge in [-0.2, -0.15) is 37.5 Å². The van der Waals surface area contributed by atoms with Gasteiger partial charge in [0.1, 0.15) is 5.69 Å². The standard InChI is InChI=1S/C12H11F4N7/c13-5-7(6(14)9(16)19-8(5)15)18-11-20-10(17)21-12(22-11)23-3-1-2-4-23/h1-4H2,(H3,17,18,19,20,21,22). The van der Waals surface area contributed by atoms with Crippen molar-refractivity contribution in [3.8, 4) is 0 Å². The molecule has 0 aliphatic carbocycles. The second-order valence-electron chi connectivity index (χ2n) is 4.83. The van der Waals surface area contributed by atoms with E-state index in [0.717, 1.165) is 12.8 Å². The van der Waals surface area contributed by atoms with Crippen molar-refractivity contribution in [2.45, 2.75) is 12.8 Å². The van der Waals surface area contributed by atoms with Gasteiger partial charge >= 0.3 is 0 Å². The average Bonchev–Trinajstić information content (AvgIpc) is 3.03. The van der Waals surface area contributed by atoms with Crippen LogP contribution >= 0.6 is 0 Å². The van der Waals surface area contributed by atoms with E-state index in [2.05, 4.69) is 25.3 Å². The van der Waals surface area contributed by atoms with Gasteiger partial charge in [0.25, 0.3) is 11.9 Å². The van der Waals surface area contributed by atoms with Crippen molar-refractivity contribution in [1.29, 1.82) is 0 Å². The SMILES string of the molecule is Nc1nc(Nc2c(F)c(F)nc(F)c2F)nc(N2CCCC2)n1. The first kappa shape index (κ1) is 15.2. The van der Waals surface area contributed by atoms with Gasteiger partial charge < -0.3 is 16.0 Å². The minimum absolute atomic E-state index is 0.194. The van der Waals surface area contributed by atoms with Crippen molar-refractivity contribution in [3.05, 3.63) is 23.5 Å². The molecule has 11 heteroatoms. The van der Waals surface area contributed by atoms with Gasteiger partial charge in [0.15, 0.2) is 0 Å². The first-order chi connectivity index (χ1) is 11.0. The first-order valence-corrected chi connectivity index (χ1v) is 6.69. The van der Waals surface area contributed by atoms with E-state index in [4.69, 9.17) is 5.73 Å². The smallest absolute Gasteiger partial charge is 0.253 e. The number of nitrogens with two attached hydrogens (primary N) is 1. The summed E-state index contributed by atoms with van der Waals surface area (Å²) in [5.41, 5.74) is 4.45. The Labute approximate surface area is 127 Å². The molecule has 7 nitrogen and oxygen atoms in total. The van der Waals surface area contributed by atoms with Gasteiger partial charge in [-0.15, -0.1) is 0 Å². The summed E-state index contributed by atoms with van der Waals surface area (Å²) in [5.74, 6) is -7.26. The maximum Gasteiger partial charge on any atom is 0.253 e. The maximum absolute atomic E-state index is 13.6. The maximum atomic E-state index is 13.6. The lowest BCUT2D eigenvalue weighted by Gasteiger charge is -2.16. The summed E-state index contributed by atoms with van der Waals surface area (Å²) in [6.45, 7) is 1.40. The molecule has 2 aromatic rings. The molecule has 1 fully saturated rings. The number of anilines is 4. The Morgan fingerprint density at radius 3 is 2.09 bits per heavy atom. The number of halogens is 4. The number of aromatic nitrogens is 4. The minimum Gasteiger partial charge on any atom is -0.368 e. The predicted molar refractivity (Wildman–Crippen MR) is 73.0 cm³/mol. The summed E-state index contributed by atoms with van der Waals surface area (Å²) >= 11 is 0. The second kappa shape index (κ2) is 5.82. The van der Waals surface area contributed by atoms with Crippen LogP contribution in [0.3, 0.4) is 0 Å². The number of hydrogen-bond acceptors (Lipinski definition) is 7. The van der Waals surface area contributed by atoms with Gasteiger partial charge in [-0.05, 0) is 12.8 Å². The fourth-order valence-corrected chi connectivity index (χ4v) is 2.20. The van der Waals surface area contributed by atoms with Crippen LogP contribution in [-0.4, -0.2) is 33.0 Å². The largest absolute Gasteiger partial charge is 0.368 e. The van der Waals surface area contributed by atoms with Crippen LogP contribution in [0.4, 0.5) is 41.1 Å². The molecule has 0 aromatic carbocycles. The highest BCUT2D eigenvalue weighted by atomic mass is 19.2. The lowest BCUT2D eigenvalue weighted by Crippen LogP contribution is -2.22. The van der Waals surface area contributed by atoms with Crippen molar-refractivity contribution in [1.82, 2.24) is 19.9 Å². The Balaban J connectivity index is 1.97. The zero-order chi connectivity index (χ0) is 16.6. The molecule has 3 N–H and O–H groups in total. The molecule has 3 rings (SSSR count). The number of nitrogen functional groups attached to an aromatic ring is 1. The lowest BCUT2D eigenvalue weighted by atomic mass is 10.3. The summed E-state index contributed by atoms with van der Waals surface area (Å²) in [7, 11) is 0. The molecule has 0 saturated carbocycles. The topological polar surface area (TPSA) is 92.8 Å². The number of nitrogens with zero attached hydrogens (tertiary/aromatic N) is 5. The Bertz CT molecular complexity index is 722. The fraction of sp³-hybridized carbons (Fsp3) is 0.333. The van der Waals surface area contributed by atoms with E-state index in [0.29, 0.717) is 13.1 Å². The molecular formula is C12H11F4N7. The summed E-state index contributed by atoms with van der Waals surface area (Å²) in [6, 6.07) is 0. The number of rotatable bonds is 3. The van der Waals surface area contributed by atoms with Crippen LogP contribution in [0, 0.1) is 23.5 Å². The molecule has 3 heterocycles. The highest BCUT2D eigenvalue weighted by Crippen LogP contribution is 2.25. The molecule has 1 aliphatic heterocycles. The zero-order valence-corrected chi connectivity index (χ0v) is 11.7. The number of hydrogen-bond donors (Lipinski definition) is 2. The van der Waals surface area contributed by atoms with Crippen LogP contribution in [0.2, 0.25) is 0 Å². The Hall–Kier alpha value is -2.72. The van der Waals surface area contributed by atoms with Crippen molar-refractivity contribution in [2.24, 2.45) is 0 Å². The molecule has 0 amide bonds. The third-order valence-electron chi connectivity index (χ3n) is 3.26. The van der Waals surface area contributed by atoms with Gasteiger partial charge in [-0.25, -0.2) is 0 Å². The van der Waals surface area contributed by atoms with Gasteiger partial charge in [0.05, 0.1) is 0 Å². The second-order valence-corrected chi connectivity index (χ2v) is 4.83. The molecule has 122 valence electrons. The van der Waals surface area contributed by atoms with Crippen LogP contribution in [-0.2, 0) is 0 Å². The zero-order valence-electron chi connectivity index (χ0n) is 11.7. The molecule has 1 aliphatic rings. The van der Waals surface area contributed by atoms with Gasteiger partial charge in [-0.1, -0.05) is 0 Å². The van der Waals surface area contributed by atoms with Crippen LogP contribution < -0.4 is 16.0 Å². The van der Waals surface area contributed by atoms with E-state index in [1.165, 1.54) is 0 Å². The number of pyridine rings is 1. The predicted octanol–water partition coefficient (Wildman–Crippen LogP) is 1.75. The van der Waals surface area contributed by atoms with Crippen molar-refractivity contribution in [3.63, 3.8) is 0 Å². The van der Waals surface area contributed by atoms with Crippen molar-refractivity contribution < 1.29 is 17.6 Å². The average molecular weight is 329 g/mol. The molecule has 1 saturated heterocycles. The van der Waals surface area contributed by atoms with E-state index < -0.39 is 29.2 Å². The van der Waals surface area contributed by atoms with Crippen molar-refractivity contribution in [2.75, 3.05) is 29.0 Å². The third kappa shape index (κ3) is 2.94. The van der Waals surface area contributed by atoms with E-state index in [9.17, 15) is 17.6 Å².